The van der Waals surface area contributed by atoms with Gasteiger partial charge in [-0.1, -0.05) is 34.6 Å². The van der Waals surface area contributed by atoms with Crippen molar-refractivity contribution in [2.24, 2.45) is 5.73 Å². The minimum absolute atomic E-state index is 0.115. The Labute approximate surface area is 162 Å². The summed E-state index contributed by atoms with van der Waals surface area (Å²) < 4.78 is 23.6. The minimum atomic E-state index is -3.21. The SMILES string of the molecule is C=C(Br)C[C@H](NC(=O)c1ccc(CP(=O)(OCC)OCC)cc1)C(N)=O. The third-order valence-electron chi connectivity index (χ3n) is 3.32. The summed E-state index contributed by atoms with van der Waals surface area (Å²) in [7, 11) is -3.21. The summed E-state index contributed by atoms with van der Waals surface area (Å²) in [6.07, 6.45) is 0.314. The highest BCUT2D eigenvalue weighted by molar-refractivity contribution is 9.11. The van der Waals surface area contributed by atoms with E-state index in [1.54, 1.807) is 38.1 Å². The van der Waals surface area contributed by atoms with Gasteiger partial charge in [0.15, 0.2) is 0 Å². The molecule has 26 heavy (non-hydrogen) atoms. The number of nitrogens with two attached hydrogens (primary N) is 1. The fraction of sp³-hybridized carbons (Fsp3) is 0.412. The third-order valence-corrected chi connectivity index (χ3v) is 5.70. The first-order valence-corrected chi connectivity index (χ1v) is 10.6. The Balaban J connectivity index is 2.82. The van der Waals surface area contributed by atoms with Crippen LogP contribution in [0.25, 0.3) is 0 Å². The lowest BCUT2D eigenvalue weighted by molar-refractivity contribution is -0.119. The van der Waals surface area contributed by atoms with Gasteiger partial charge < -0.3 is 20.1 Å². The molecule has 0 aliphatic carbocycles. The fourth-order valence-electron chi connectivity index (χ4n) is 2.19. The summed E-state index contributed by atoms with van der Waals surface area (Å²) in [6.45, 7) is 7.70. The molecule has 3 N–H and O–H groups in total. The van der Waals surface area contributed by atoms with Crippen LogP contribution in [-0.4, -0.2) is 31.1 Å². The van der Waals surface area contributed by atoms with Crippen LogP contribution in [0.15, 0.2) is 35.3 Å². The van der Waals surface area contributed by atoms with Gasteiger partial charge in [-0.15, -0.1) is 0 Å². The Morgan fingerprint density at radius 1 is 1.23 bits per heavy atom. The number of hydrogen-bond acceptors (Lipinski definition) is 5. The van der Waals surface area contributed by atoms with E-state index < -0.39 is 25.5 Å². The van der Waals surface area contributed by atoms with Crippen molar-refractivity contribution in [3.8, 4) is 0 Å². The van der Waals surface area contributed by atoms with Crippen LogP contribution in [0.2, 0.25) is 0 Å². The largest absolute Gasteiger partial charge is 0.368 e. The molecule has 0 aromatic heterocycles. The molecule has 0 heterocycles. The Bertz CT molecular complexity index is 683. The molecule has 0 bridgehead atoms. The maximum Gasteiger partial charge on any atom is 0.335 e. The van der Waals surface area contributed by atoms with Crippen LogP contribution in [0.4, 0.5) is 0 Å². The van der Waals surface area contributed by atoms with Gasteiger partial charge in [0.1, 0.15) is 6.04 Å². The van der Waals surface area contributed by atoms with Crippen molar-refractivity contribution in [3.05, 3.63) is 46.5 Å². The molecule has 0 aliphatic rings. The Kier molecular flexibility index (Phi) is 9.22. The van der Waals surface area contributed by atoms with Crippen LogP contribution < -0.4 is 11.1 Å². The zero-order chi connectivity index (χ0) is 19.7. The lowest BCUT2D eigenvalue weighted by atomic mass is 10.1. The lowest BCUT2D eigenvalue weighted by Crippen LogP contribution is -2.44. The van der Waals surface area contributed by atoms with Crippen molar-refractivity contribution in [2.45, 2.75) is 32.5 Å². The molecule has 7 nitrogen and oxygen atoms in total. The van der Waals surface area contributed by atoms with Crippen LogP contribution in [0.5, 0.6) is 0 Å². The second-order valence-corrected chi connectivity index (χ2v) is 8.63. The average Bonchev–Trinajstić information content (AvgIpc) is 2.54. The third kappa shape index (κ3) is 7.41. The Morgan fingerprint density at radius 2 is 1.77 bits per heavy atom. The zero-order valence-electron chi connectivity index (χ0n) is 14.9. The van der Waals surface area contributed by atoms with Gasteiger partial charge >= 0.3 is 7.60 Å². The monoisotopic (exact) mass is 446 g/mol. The molecule has 1 atom stereocenters. The smallest absolute Gasteiger partial charge is 0.335 e. The molecule has 9 heteroatoms. The zero-order valence-corrected chi connectivity index (χ0v) is 17.3. The summed E-state index contributed by atoms with van der Waals surface area (Å²) >= 11 is 3.15. The molecule has 0 saturated carbocycles. The molecule has 1 aromatic rings. The highest BCUT2D eigenvalue weighted by atomic mass is 79.9. The first-order chi connectivity index (χ1) is 12.2. The molecule has 0 spiro atoms. The fourth-order valence-corrected chi connectivity index (χ4v) is 4.22. The van der Waals surface area contributed by atoms with E-state index in [1.165, 1.54) is 0 Å². The van der Waals surface area contributed by atoms with Crippen molar-refractivity contribution in [3.63, 3.8) is 0 Å². The topological polar surface area (TPSA) is 108 Å². The van der Waals surface area contributed by atoms with Crippen LogP contribution in [0.1, 0.15) is 36.2 Å². The maximum absolute atomic E-state index is 12.5. The molecule has 0 unspecified atom stereocenters. The highest BCUT2D eigenvalue weighted by Crippen LogP contribution is 2.51. The van der Waals surface area contributed by atoms with Gasteiger partial charge in [0.25, 0.3) is 5.91 Å². The molecular weight excluding hydrogens is 423 g/mol. The van der Waals surface area contributed by atoms with Gasteiger partial charge in [-0.3, -0.25) is 14.2 Å². The first kappa shape index (κ1) is 22.6. The van der Waals surface area contributed by atoms with Crippen LogP contribution >= 0.6 is 23.5 Å². The molecule has 1 aromatic carbocycles. The van der Waals surface area contributed by atoms with E-state index in [1.807, 2.05) is 0 Å². The van der Waals surface area contributed by atoms with Crippen molar-refractivity contribution >= 4 is 35.3 Å². The van der Waals surface area contributed by atoms with E-state index in [4.69, 9.17) is 14.8 Å². The lowest BCUT2D eigenvalue weighted by Gasteiger charge is -2.17. The number of amides is 2. The number of nitrogens with one attached hydrogen (secondary N) is 1. The molecule has 0 fully saturated rings. The number of carbonyl (C=O) groups is 2. The number of primary amides is 1. The predicted octanol–water partition coefficient (Wildman–Crippen LogP) is 3.34. The summed E-state index contributed by atoms with van der Waals surface area (Å²) in [5, 5.41) is 2.56. The Morgan fingerprint density at radius 3 is 2.19 bits per heavy atom. The van der Waals surface area contributed by atoms with Gasteiger partial charge in [0, 0.05) is 12.0 Å². The summed E-state index contributed by atoms with van der Waals surface area (Å²) in [6, 6.07) is 5.64. The molecular formula is C17H24BrN2O5P. The van der Waals surface area contributed by atoms with E-state index in [2.05, 4.69) is 27.8 Å². The maximum atomic E-state index is 12.5. The van der Waals surface area contributed by atoms with E-state index in [0.29, 0.717) is 15.6 Å². The van der Waals surface area contributed by atoms with Crippen molar-refractivity contribution in [2.75, 3.05) is 13.2 Å². The summed E-state index contributed by atoms with van der Waals surface area (Å²) in [5.74, 6) is -1.09. The highest BCUT2D eigenvalue weighted by Gasteiger charge is 2.24. The van der Waals surface area contributed by atoms with Crippen molar-refractivity contribution in [1.29, 1.82) is 0 Å². The minimum Gasteiger partial charge on any atom is -0.368 e. The number of carbonyl (C=O) groups excluding carboxylic acids is 2. The number of benzene rings is 1. The van der Waals surface area contributed by atoms with Gasteiger partial charge in [0.2, 0.25) is 5.91 Å². The number of hydrogen-bond donors (Lipinski definition) is 2. The second-order valence-electron chi connectivity index (χ2n) is 5.45. The molecule has 0 saturated heterocycles. The average molecular weight is 447 g/mol. The second kappa shape index (κ2) is 10.6. The standard InChI is InChI=1S/C17H24BrN2O5P/c1-4-24-26(23,25-5-2)11-13-6-8-14(9-7-13)17(22)20-15(16(19)21)10-12(3)18/h6-9,15H,3-5,10-11H2,1-2H3,(H2,19,21)(H,20,22)/t15-/m0/s1. The molecule has 1 rings (SSSR count). The summed E-state index contributed by atoms with van der Waals surface area (Å²) in [5.41, 5.74) is 6.35. The first-order valence-electron chi connectivity index (χ1n) is 8.11. The van der Waals surface area contributed by atoms with E-state index in [0.717, 1.165) is 0 Å². The van der Waals surface area contributed by atoms with Gasteiger partial charge in [-0.25, -0.2) is 0 Å². The van der Waals surface area contributed by atoms with Gasteiger partial charge in [-0.2, -0.15) is 0 Å². The predicted molar refractivity (Wildman–Crippen MR) is 104 cm³/mol. The number of halogens is 1. The van der Waals surface area contributed by atoms with Crippen molar-refractivity contribution < 1.29 is 23.2 Å². The quantitative estimate of drug-likeness (QED) is 0.506. The molecule has 0 radical (unpaired) electrons. The number of rotatable bonds is 11. The molecule has 2 amide bonds. The Hall–Kier alpha value is -1.47. The normalized spacial score (nSPS) is 12.4. The molecule has 144 valence electrons. The van der Waals surface area contributed by atoms with E-state index >= 15 is 0 Å². The van der Waals surface area contributed by atoms with Gasteiger partial charge in [-0.05, 0) is 36.0 Å². The van der Waals surface area contributed by atoms with Crippen LogP contribution in [0.3, 0.4) is 0 Å². The summed E-state index contributed by atoms with van der Waals surface area (Å²) in [4.78, 5) is 23.7. The van der Waals surface area contributed by atoms with E-state index in [-0.39, 0.29) is 25.8 Å². The van der Waals surface area contributed by atoms with Gasteiger partial charge in [0.05, 0.1) is 19.4 Å². The van der Waals surface area contributed by atoms with Crippen molar-refractivity contribution in [1.82, 2.24) is 5.32 Å². The van der Waals surface area contributed by atoms with E-state index in [9.17, 15) is 14.2 Å². The van der Waals surface area contributed by atoms with Crippen LogP contribution in [0, 0.1) is 0 Å². The molecule has 0 aliphatic heterocycles. The van der Waals surface area contributed by atoms with Crippen LogP contribution in [-0.2, 0) is 24.6 Å².